The molecule has 1 N–H and O–H groups in total. The number of aryl methyl sites for hydroxylation is 1. The summed E-state index contributed by atoms with van der Waals surface area (Å²) < 4.78 is 9.00. The zero-order valence-electron chi connectivity index (χ0n) is 15.1. The van der Waals surface area contributed by atoms with Crippen molar-refractivity contribution in [2.24, 2.45) is 0 Å². The molecular weight excluding hydrogens is 362 g/mol. The van der Waals surface area contributed by atoms with E-state index in [1.165, 1.54) is 0 Å². The summed E-state index contributed by atoms with van der Waals surface area (Å²) in [6.45, 7) is 3.90. The molecule has 2 aromatic carbocycles. The average molecular weight is 381 g/mol. The van der Waals surface area contributed by atoms with Gasteiger partial charge in [0.15, 0.2) is 0 Å². The molecule has 3 aromatic rings. The van der Waals surface area contributed by atoms with E-state index in [4.69, 9.17) is 4.74 Å². The highest BCUT2D eigenvalue weighted by atomic mass is 32.1. The van der Waals surface area contributed by atoms with Crippen molar-refractivity contribution in [3.8, 4) is 11.1 Å². The first-order valence-corrected chi connectivity index (χ1v) is 9.40. The number of esters is 1. The van der Waals surface area contributed by atoms with E-state index in [1.54, 1.807) is 19.1 Å². The van der Waals surface area contributed by atoms with Gasteiger partial charge >= 0.3 is 5.97 Å². The topological polar surface area (TPSA) is 81.2 Å². The molecule has 0 radical (unpaired) electrons. The van der Waals surface area contributed by atoms with Gasteiger partial charge in [-0.2, -0.15) is 0 Å². The fourth-order valence-electron chi connectivity index (χ4n) is 2.63. The highest BCUT2D eigenvalue weighted by molar-refractivity contribution is 7.08. The summed E-state index contributed by atoms with van der Waals surface area (Å²) in [7, 11) is 0. The first-order chi connectivity index (χ1) is 13.1. The number of hydrogen-bond donors (Lipinski definition) is 1. The van der Waals surface area contributed by atoms with Crippen LogP contribution in [0.5, 0.6) is 0 Å². The van der Waals surface area contributed by atoms with Crippen LogP contribution in [0, 0.1) is 0 Å². The zero-order valence-corrected chi connectivity index (χ0v) is 15.9. The van der Waals surface area contributed by atoms with Crippen molar-refractivity contribution >= 4 is 29.1 Å². The van der Waals surface area contributed by atoms with Gasteiger partial charge in [-0.1, -0.05) is 47.8 Å². The fourth-order valence-corrected chi connectivity index (χ4v) is 3.28. The van der Waals surface area contributed by atoms with Gasteiger partial charge in [0.2, 0.25) is 0 Å². The highest BCUT2D eigenvalue weighted by Gasteiger charge is 2.20. The normalized spacial score (nSPS) is 10.4. The Morgan fingerprint density at radius 1 is 1.07 bits per heavy atom. The van der Waals surface area contributed by atoms with Gasteiger partial charge in [0.1, 0.15) is 4.88 Å². The lowest BCUT2D eigenvalue weighted by molar-refractivity contribution is 0.0527. The minimum Gasteiger partial charge on any atom is -0.462 e. The van der Waals surface area contributed by atoms with E-state index in [0.717, 1.165) is 22.7 Å². The van der Waals surface area contributed by atoms with Crippen molar-refractivity contribution in [2.45, 2.75) is 20.3 Å². The molecule has 0 aliphatic heterocycles. The van der Waals surface area contributed by atoms with E-state index in [2.05, 4.69) is 14.9 Å². The second-order valence-corrected chi connectivity index (χ2v) is 6.46. The summed E-state index contributed by atoms with van der Waals surface area (Å²) in [5, 5.41) is 6.75. The number of amides is 1. The number of benzene rings is 2. The predicted molar refractivity (Wildman–Crippen MR) is 105 cm³/mol. The Bertz CT molecular complexity index is 954. The smallest absolute Gasteiger partial charge is 0.340 e. The third-order valence-corrected chi connectivity index (χ3v) is 4.73. The number of nitrogens with zero attached hydrogens (tertiary/aromatic N) is 2. The zero-order chi connectivity index (χ0) is 19.2. The maximum absolute atomic E-state index is 12.6. The SMILES string of the molecule is CCOC(=O)c1cc(-c2ccccc2)ccc1NC(=O)c1snnc1CC. The van der Waals surface area contributed by atoms with Crippen molar-refractivity contribution in [1.82, 2.24) is 9.59 Å². The van der Waals surface area contributed by atoms with Crippen LogP contribution in [0.1, 0.15) is 39.6 Å². The molecule has 1 aromatic heterocycles. The summed E-state index contributed by atoms with van der Waals surface area (Å²) in [6, 6.07) is 15.0. The van der Waals surface area contributed by atoms with Gasteiger partial charge in [0.05, 0.1) is 23.6 Å². The number of hydrogen-bond acceptors (Lipinski definition) is 6. The van der Waals surface area contributed by atoms with Gasteiger partial charge in [-0.25, -0.2) is 4.79 Å². The number of nitrogens with one attached hydrogen (secondary N) is 1. The lowest BCUT2D eigenvalue weighted by Gasteiger charge is -2.12. The van der Waals surface area contributed by atoms with E-state index in [1.807, 2.05) is 43.3 Å². The maximum Gasteiger partial charge on any atom is 0.340 e. The predicted octanol–water partition coefficient (Wildman–Crippen LogP) is 4.20. The standard InChI is InChI=1S/C20H19N3O3S/c1-3-16-18(27-23-22-16)19(24)21-17-11-10-14(13-8-6-5-7-9-13)12-15(17)20(25)26-4-2/h5-12H,3-4H2,1-2H3,(H,21,24). The van der Waals surface area contributed by atoms with Crippen molar-refractivity contribution < 1.29 is 14.3 Å². The second-order valence-electron chi connectivity index (χ2n) is 5.70. The van der Waals surface area contributed by atoms with Crippen LogP contribution in [-0.4, -0.2) is 28.1 Å². The summed E-state index contributed by atoms with van der Waals surface area (Å²) >= 11 is 1.04. The number of ether oxygens (including phenoxy) is 1. The molecule has 138 valence electrons. The molecule has 0 atom stereocenters. The lowest BCUT2D eigenvalue weighted by Crippen LogP contribution is -2.16. The van der Waals surface area contributed by atoms with Crippen molar-refractivity contribution in [2.75, 3.05) is 11.9 Å². The average Bonchev–Trinajstić information content (AvgIpc) is 3.18. The van der Waals surface area contributed by atoms with Crippen LogP contribution in [0.25, 0.3) is 11.1 Å². The summed E-state index contributed by atoms with van der Waals surface area (Å²) in [5.74, 6) is -0.816. The molecule has 1 amide bonds. The quantitative estimate of drug-likeness (QED) is 0.647. The van der Waals surface area contributed by atoms with Crippen LogP contribution >= 0.6 is 11.5 Å². The second kappa shape index (κ2) is 8.55. The third-order valence-electron chi connectivity index (χ3n) is 3.97. The van der Waals surface area contributed by atoms with Crippen LogP contribution in [0.4, 0.5) is 5.69 Å². The van der Waals surface area contributed by atoms with Gasteiger partial charge in [-0.3, -0.25) is 4.79 Å². The minimum atomic E-state index is -0.483. The van der Waals surface area contributed by atoms with Crippen LogP contribution in [-0.2, 0) is 11.2 Å². The summed E-state index contributed by atoms with van der Waals surface area (Å²) in [6.07, 6.45) is 0.608. The Morgan fingerprint density at radius 2 is 1.85 bits per heavy atom. The number of anilines is 1. The number of carbonyl (C=O) groups excluding carboxylic acids is 2. The van der Waals surface area contributed by atoms with Gasteiger partial charge in [0.25, 0.3) is 5.91 Å². The molecule has 0 saturated heterocycles. The van der Waals surface area contributed by atoms with Gasteiger partial charge in [0, 0.05) is 0 Å². The first-order valence-electron chi connectivity index (χ1n) is 8.63. The minimum absolute atomic E-state index is 0.251. The van der Waals surface area contributed by atoms with Gasteiger partial charge in [-0.15, -0.1) is 5.10 Å². The number of carbonyl (C=O) groups is 2. The molecule has 1 heterocycles. The monoisotopic (exact) mass is 381 g/mol. The Labute approximate surface area is 161 Å². The molecule has 0 unspecified atom stereocenters. The van der Waals surface area contributed by atoms with Crippen LogP contribution in [0.2, 0.25) is 0 Å². The molecule has 7 heteroatoms. The maximum atomic E-state index is 12.6. The first kappa shape index (κ1) is 18.7. The number of rotatable bonds is 6. The molecule has 0 fully saturated rings. The Hall–Kier alpha value is -3.06. The molecule has 6 nitrogen and oxygen atoms in total. The molecule has 0 saturated carbocycles. The van der Waals surface area contributed by atoms with Gasteiger partial charge < -0.3 is 10.1 Å². The van der Waals surface area contributed by atoms with E-state index in [-0.39, 0.29) is 12.5 Å². The number of aromatic nitrogens is 2. The largest absolute Gasteiger partial charge is 0.462 e. The molecular formula is C20H19N3O3S. The van der Waals surface area contributed by atoms with Gasteiger partial charge in [-0.05, 0) is 48.1 Å². The van der Waals surface area contributed by atoms with E-state index in [9.17, 15) is 9.59 Å². The van der Waals surface area contributed by atoms with E-state index in [0.29, 0.717) is 28.2 Å². The summed E-state index contributed by atoms with van der Waals surface area (Å²) in [5.41, 5.74) is 3.18. The molecule has 0 bridgehead atoms. The molecule has 3 rings (SSSR count). The Balaban J connectivity index is 1.96. The molecule has 27 heavy (non-hydrogen) atoms. The van der Waals surface area contributed by atoms with Crippen LogP contribution < -0.4 is 5.32 Å². The lowest BCUT2D eigenvalue weighted by atomic mass is 10.0. The van der Waals surface area contributed by atoms with Crippen molar-refractivity contribution in [3.05, 3.63) is 64.7 Å². The third kappa shape index (κ3) is 4.20. The molecule has 0 aliphatic rings. The fraction of sp³-hybridized carbons (Fsp3) is 0.200. The molecule has 0 aliphatic carbocycles. The van der Waals surface area contributed by atoms with E-state index >= 15 is 0 Å². The Kier molecular flexibility index (Phi) is 5.93. The van der Waals surface area contributed by atoms with E-state index < -0.39 is 5.97 Å². The highest BCUT2D eigenvalue weighted by Crippen LogP contribution is 2.27. The Morgan fingerprint density at radius 3 is 2.56 bits per heavy atom. The van der Waals surface area contributed by atoms with Crippen molar-refractivity contribution in [3.63, 3.8) is 0 Å². The van der Waals surface area contributed by atoms with Crippen LogP contribution in [0.3, 0.4) is 0 Å². The van der Waals surface area contributed by atoms with Crippen molar-refractivity contribution in [1.29, 1.82) is 0 Å². The van der Waals surface area contributed by atoms with Crippen LogP contribution in [0.15, 0.2) is 48.5 Å². The summed E-state index contributed by atoms with van der Waals surface area (Å²) in [4.78, 5) is 25.5. The molecule has 0 spiro atoms.